The number of nitrogens with one attached hydrogen (secondary N) is 1. The first-order valence-corrected chi connectivity index (χ1v) is 14.2. The molecule has 10 nitrogen and oxygen atoms in total. The Morgan fingerprint density at radius 3 is 2.72 bits per heavy atom. The molecule has 6 heterocycles. The first kappa shape index (κ1) is 28.2. The molecule has 3 saturated heterocycles. The molecular formula is C28H30F5N7O3. The Balaban J connectivity index is 1.42. The molecule has 43 heavy (non-hydrogen) atoms. The van der Waals surface area contributed by atoms with Crippen LogP contribution in [-0.2, 0) is 10.9 Å². The number of benzene rings is 1. The first-order chi connectivity index (χ1) is 20.5. The first-order valence-electron chi connectivity index (χ1n) is 14.2. The number of morpholine rings is 1. The van der Waals surface area contributed by atoms with Gasteiger partial charge in [0, 0.05) is 38.3 Å². The van der Waals surface area contributed by atoms with Crippen LogP contribution in [0.2, 0.25) is 0 Å². The molecule has 1 unspecified atom stereocenters. The summed E-state index contributed by atoms with van der Waals surface area (Å²) in [5, 5.41) is 3.43. The van der Waals surface area contributed by atoms with E-state index in [0.29, 0.717) is 32.1 Å². The van der Waals surface area contributed by atoms with Crippen LogP contribution < -0.4 is 25.4 Å². The van der Waals surface area contributed by atoms with E-state index in [9.17, 15) is 17.6 Å². The van der Waals surface area contributed by atoms with E-state index in [2.05, 4.69) is 25.2 Å². The zero-order chi connectivity index (χ0) is 30.2. The standard InChI is InChI=1S/C28H30F5N7O3/c1-12-20(28(31,32)33)14(9-15(34)21(12)29)23-22(30)24-19-25(40-6-4-35-10-16(40)13(2)43-26(19)36-23)38-27(37-24)42-11-17-18-3-5-39(17)7-8-41-18/h9,13,16-18,35H,3-8,10-11,34H2,1-2H3/t13-,16-,17+,18-/m0/s1. The number of alkyl halides is 3. The molecule has 3 aromatic rings. The predicted octanol–water partition coefficient (Wildman–Crippen LogP) is 3.29. The van der Waals surface area contributed by atoms with Crippen molar-refractivity contribution in [3.63, 3.8) is 0 Å². The van der Waals surface area contributed by atoms with Crippen molar-refractivity contribution >= 4 is 22.4 Å². The molecule has 2 aromatic heterocycles. The lowest BCUT2D eigenvalue weighted by molar-refractivity contribution is -0.137. The molecule has 3 N–H and O–H groups in total. The zero-order valence-electron chi connectivity index (χ0n) is 23.5. The van der Waals surface area contributed by atoms with Crippen LogP contribution in [0, 0.1) is 18.6 Å². The Morgan fingerprint density at radius 2 is 1.95 bits per heavy atom. The van der Waals surface area contributed by atoms with Crippen LogP contribution in [-0.4, -0.2) is 90.1 Å². The number of fused-ring (bicyclic) bond motifs is 4. The van der Waals surface area contributed by atoms with Gasteiger partial charge in [-0.15, -0.1) is 0 Å². The molecule has 0 radical (unpaired) electrons. The van der Waals surface area contributed by atoms with Gasteiger partial charge >= 0.3 is 12.2 Å². The fourth-order valence-electron chi connectivity index (χ4n) is 6.73. The van der Waals surface area contributed by atoms with E-state index >= 15 is 4.39 Å². The number of nitrogen functional groups attached to an aromatic ring is 1. The molecule has 15 heteroatoms. The highest BCUT2D eigenvalue weighted by Gasteiger charge is 2.42. The van der Waals surface area contributed by atoms with Gasteiger partial charge in [-0.2, -0.15) is 23.1 Å². The third kappa shape index (κ3) is 4.59. The van der Waals surface area contributed by atoms with Gasteiger partial charge in [-0.3, -0.25) is 4.90 Å². The fraction of sp³-hybridized carbons (Fsp3) is 0.536. The predicted molar refractivity (Wildman–Crippen MR) is 146 cm³/mol. The Kier molecular flexibility index (Phi) is 6.74. The van der Waals surface area contributed by atoms with Crippen molar-refractivity contribution in [2.45, 2.75) is 50.7 Å². The molecule has 3 fully saturated rings. The van der Waals surface area contributed by atoms with Crippen molar-refractivity contribution < 1.29 is 36.2 Å². The van der Waals surface area contributed by atoms with Crippen molar-refractivity contribution in [1.82, 2.24) is 25.2 Å². The van der Waals surface area contributed by atoms with E-state index in [0.717, 1.165) is 32.5 Å². The number of pyridine rings is 1. The van der Waals surface area contributed by atoms with Gasteiger partial charge in [0.1, 0.15) is 40.9 Å². The minimum atomic E-state index is -5.03. The van der Waals surface area contributed by atoms with Crippen molar-refractivity contribution in [3.05, 3.63) is 28.8 Å². The lowest BCUT2D eigenvalue weighted by atomic mass is 9.96. The van der Waals surface area contributed by atoms with E-state index in [4.69, 9.17) is 19.9 Å². The van der Waals surface area contributed by atoms with Gasteiger partial charge in [0.25, 0.3) is 0 Å². The normalized spacial score (nSPS) is 26.7. The van der Waals surface area contributed by atoms with Crippen molar-refractivity contribution in [1.29, 1.82) is 0 Å². The summed E-state index contributed by atoms with van der Waals surface area (Å²) in [6.07, 6.45) is -4.68. The smallest absolute Gasteiger partial charge is 0.417 e. The van der Waals surface area contributed by atoms with Gasteiger partial charge in [-0.05, 0) is 31.9 Å². The van der Waals surface area contributed by atoms with Gasteiger partial charge in [0.05, 0.1) is 36.0 Å². The fourth-order valence-corrected chi connectivity index (χ4v) is 6.73. The van der Waals surface area contributed by atoms with Gasteiger partial charge in [-0.1, -0.05) is 0 Å². The van der Waals surface area contributed by atoms with E-state index in [1.54, 1.807) is 6.92 Å². The van der Waals surface area contributed by atoms with Crippen molar-refractivity contribution in [2.75, 3.05) is 56.6 Å². The second-order valence-corrected chi connectivity index (χ2v) is 11.4. The zero-order valence-corrected chi connectivity index (χ0v) is 23.5. The maximum atomic E-state index is 16.5. The largest absolute Gasteiger partial charge is 0.472 e. The van der Waals surface area contributed by atoms with E-state index in [-0.39, 0.29) is 47.6 Å². The maximum absolute atomic E-state index is 16.5. The number of aromatic nitrogens is 3. The molecule has 0 aliphatic carbocycles. The quantitative estimate of drug-likeness (QED) is 0.339. The summed E-state index contributed by atoms with van der Waals surface area (Å²) in [6, 6.07) is 0.335. The summed E-state index contributed by atoms with van der Waals surface area (Å²) >= 11 is 0. The summed E-state index contributed by atoms with van der Waals surface area (Å²) in [5.74, 6) is -2.20. The van der Waals surface area contributed by atoms with Crippen LogP contribution in [0.3, 0.4) is 0 Å². The van der Waals surface area contributed by atoms with E-state index < -0.39 is 52.0 Å². The molecule has 1 aromatic carbocycles. The Hall–Kier alpha value is -3.56. The molecule has 4 aliphatic rings. The van der Waals surface area contributed by atoms with Crippen LogP contribution in [0.15, 0.2) is 6.07 Å². The molecule has 230 valence electrons. The molecule has 0 spiro atoms. The molecular weight excluding hydrogens is 577 g/mol. The lowest BCUT2D eigenvalue weighted by Gasteiger charge is -2.38. The summed E-state index contributed by atoms with van der Waals surface area (Å²) in [7, 11) is 0. The summed E-state index contributed by atoms with van der Waals surface area (Å²) in [6.45, 7) is 6.85. The Bertz CT molecular complexity index is 1590. The molecule has 4 aliphatic heterocycles. The number of anilines is 2. The Labute approximate surface area is 243 Å². The third-order valence-electron chi connectivity index (χ3n) is 8.87. The topological polar surface area (TPSA) is 111 Å². The second-order valence-electron chi connectivity index (χ2n) is 11.4. The number of halogens is 5. The number of rotatable bonds is 4. The van der Waals surface area contributed by atoms with Crippen LogP contribution in [0.25, 0.3) is 22.2 Å². The number of hydrogen-bond donors (Lipinski definition) is 2. The van der Waals surface area contributed by atoms with Crippen LogP contribution >= 0.6 is 0 Å². The average Bonchev–Trinajstić information content (AvgIpc) is 3.12. The minimum Gasteiger partial charge on any atom is -0.472 e. The molecule has 0 amide bonds. The number of piperazine rings is 1. The van der Waals surface area contributed by atoms with E-state index in [1.165, 1.54) is 0 Å². The highest BCUT2D eigenvalue weighted by Crippen LogP contribution is 2.46. The number of ether oxygens (including phenoxy) is 3. The monoisotopic (exact) mass is 607 g/mol. The van der Waals surface area contributed by atoms with Crippen LogP contribution in [0.5, 0.6) is 11.9 Å². The van der Waals surface area contributed by atoms with Crippen molar-refractivity contribution in [2.24, 2.45) is 0 Å². The van der Waals surface area contributed by atoms with Crippen molar-refractivity contribution in [3.8, 4) is 23.1 Å². The summed E-state index contributed by atoms with van der Waals surface area (Å²) < 4.78 is 92.1. The van der Waals surface area contributed by atoms with Gasteiger partial charge in [0.2, 0.25) is 5.88 Å². The SMILES string of the molecule is Cc1c(F)c(N)cc(-c2nc3c4c(nc(OC[C@@H]5[C@@H]6CCN5CCO6)nc4c2F)N2CCNC[C@H]2[C@H](C)O3)c1C(F)(F)F. The Morgan fingerprint density at radius 1 is 1.14 bits per heavy atom. The average molecular weight is 608 g/mol. The molecule has 7 rings (SSSR count). The highest BCUT2D eigenvalue weighted by molar-refractivity contribution is 5.97. The summed E-state index contributed by atoms with van der Waals surface area (Å²) in [4.78, 5) is 17.5. The molecule has 5 atom stereocenters. The molecule has 2 bridgehead atoms. The van der Waals surface area contributed by atoms with Crippen LogP contribution in [0.1, 0.15) is 24.5 Å². The van der Waals surface area contributed by atoms with E-state index in [1.807, 2.05) is 4.90 Å². The minimum absolute atomic E-state index is 0.00494. The number of nitrogens with two attached hydrogens (primary N) is 1. The number of nitrogens with zero attached hydrogens (tertiary/aromatic N) is 5. The lowest BCUT2D eigenvalue weighted by Crippen LogP contribution is -2.56. The third-order valence-corrected chi connectivity index (χ3v) is 8.87. The van der Waals surface area contributed by atoms with Gasteiger partial charge < -0.3 is 30.2 Å². The van der Waals surface area contributed by atoms with Gasteiger partial charge in [0.15, 0.2) is 5.82 Å². The second kappa shape index (κ2) is 10.3. The number of hydrogen-bond acceptors (Lipinski definition) is 10. The molecule has 0 saturated carbocycles. The maximum Gasteiger partial charge on any atom is 0.417 e. The summed E-state index contributed by atoms with van der Waals surface area (Å²) in [5.41, 5.74) is 1.27. The van der Waals surface area contributed by atoms with Gasteiger partial charge in [-0.25, -0.2) is 13.8 Å². The highest BCUT2D eigenvalue weighted by atomic mass is 19.4. The van der Waals surface area contributed by atoms with Crippen LogP contribution in [0.4, 0.5) is 33.5 Å².